The lowest BCUT2D eigenvalue weighted by Crippen LogP contribution is -2.29. The van der Waals surface area contributed by atoms with E-state index in [0.29, 0.717) is 30.7 Å². The summed E-state index contributed by atoms with van der Waals surface area (Å²) < 4.78 is 3.28. The number of aryl methyl sites for hydroxylation is 4. The number of Topliss-reactive ketones (excluding diaryl/α,β-unsaturated/α-hetero) is 1. The van der Waals surface area contributed by atoms with Crippen molar-refractivity contribution in [2.75, 3.05) is 6.54 Å². The molecule has 1 N–H and O–H groups in total. The first-order chi connectivity index (χ1) is 17.6. The minimum absolute atomic E-state index is 0.0455. The van der Waals surface area contributed by atoms with Crippen molar-refractivity contribution in [1.82, 2.24) is 24.6 Å². The molecule has 0 unspecified atom stereocenters. The molecule has 1 aliphatic rings. The third kappa shape index (κ3) is 5.71. The Hall–Kier alpha value is -3.36. The lowest BCUT2D eigenvalue weighted by atomic mass is 10.1. The van der Waals surface area contributed by atoms with Gasteiger partial charge in [0, 0.05) is 41.5 Å². The van der Waals surface area contributed by atoms with Gasteiger partial charge in [-0.25, -0.2) is 0 Å². The first-order valence-corrected chi connectivity index (χ1v) is 13.3. The Morgan fingerprint density at radius 2 is 2.00 bits per heavy atom. The van der Waals surface area contributed by atoms with Crippen LogP contribution in [0.4, 0.5) is 0 Å². The average Bonchev–Trinajstić information content (AvgIpc) is 3.51. The molecule has 186 valence electrons. The van der Waals surface area contributed by atoms with Crippen LogP contribution in [0.1, 0.15) is 39.4 Å². The first kappa shape index (κ1) is 24.3. The number of nitrogens with zero attached hydrogens (tertiary/aromatic N) is 4. The van der Waals surface area contributed by atoms with Gasteiger partial charge in [0.05, 0.1) is 24.6 Å². The fourth-order valence-corrected chi connectivity index (χ4v) is 5.89. The molecule has 0 saturated heterocycles. The summed E-state index contributed by atoms with van der Waals surface area (Å²) in [5, 5.41) is 7.64. The van der Waals surface area contributed by atoms with Gasteiger partial charge in [0.1, 0.15) is 5.69 Å². The van der Waals surface area contributed by atoms with E-state index in [4.69, 9.17) is 0 Å². The molecule has 36 heavy (non-hydrogen) atoms. The van der Waals surface area contributed by atoms with Crippen molar-refractivity contribution in [3.8, 4) is 11.3 Å². The second-order valence-corrected chi connectivity index (χ2v) is 10.6. The SMILES string of the molecule is Cn1cc(-c2cnc(CCCc3ccccc3)c(=O)n2CC(=O)CCc2cc3c(s2)CNCC3)cn1. The number of aromatic nitrogens is 4. The van der Waals surface area contributed by atoms with E-state index in [-0.39, 0.29) is 17.9 Å². The predicted octanol–water partition coefficient (Wildman–Crippen LogP) is 3.73. The zero-order chi connectivity index (χ0) is 24.9. The first-order valence-electron chi connectivity index (χ1n) is 12.5. The van der Waals surface area contributed by atoms with Gasteiger partial charge in [0.2, 0.25) is 0 Å². The molecule has 5 rings (SSSR count). The molecule has 1 aliphatic heterocycles. The number of hydrogen-bond acceptors (Lipinski definition) is 6. The van der Waals surface area contributed by atoms with E-state index in [1.807, 2.05) is 31.4 Å². The van der Waals surface area contributed by atoms with Crippen LogP contribution in [-0.4, -0.2) is 31.7 Å². The zero-order valence-corrected chi connectivity index (χ0v) is 21.4. The molecule has 7 nitrogen and oxygen atoms in total. The van der Waals surface area contributed by atoms with Crippen LogP contribution >= 0.6 is 11.3 Å². The smallest absolute Gasteiger partial charge is 0.273 e. The van der Waals surface area contributed by atoms with Gasteiger partial charge in [-0.05, 0) is 55.8 Å². The van der Waals surface area contributed by atoms with Gasteiger partial charge in [-0.2, -0.15) is 5.10 Å². The van der Waals surface area contributed by atoms with Gasteiger partial charge >= 0.3 is 0 Å². The molecule has 0 spiro atoms. The van der Waals surface area contributed by atoms with E-state index in [0.717, 1.165) is 37.9 Å². The van der Waals surface area contributed by atoms with E-state index in [1.165, 1.54) is 20.9 Å². The maximum Gasteiger partial charge on any atom is 0.273 e. The summed E-state index contributed by atoms with van der Waals surface area (Å²) in [6, 6.07) is 12.5. The molecule has 1 aromatic carbocycles. The van der Waals surface area contributed by atoms with E-state index >= 15 is 0 Å². The number of ketones is 1. The summed E-state index contributed by atoms with van der Waals surface area (Å²) in [4.78, 5) is 33.7. The molecule has 0 saturated carbocycles. The number of thiophene rings is 1. The van der Waals surface area contributed by atoms with Crippen molar-refractivity contribution < 1.29 is 4.79 Å². The highest BCUT2D eigenvalue weighted by Gasteiger charge is 2.17. The molecule has 0 fully saturated rings. The lowest BCUT2D eigenvalue weighted by Gasteiger charge is -2.13. The van der Waals surface area contributed by atoms with Crippen molar-refractivity contribution in [3.05, 3.63) is 91.9 Å². The number of carbonyl (C=O) groups excluding carboxylic acids is 1. The Balaban J connectivity index is 1.31. The monoisotopic (exact) mass is 501 g/mol. The largest absolute Gasteiger partial charge is 0.312 e. The average molecular weight is 502 g/mol. The van der Waals surface area contributed by atoms with Gasteiger partial charge in [-0.15, -0.1) is 11.3 Å². The molecular weight excluding hydrogens is 470 g/mol. The number of carbonyl (C=O) groups is 1. The van der Waals surface area contributed by atoms with Crippen molar-refractivity contribution in [1.29, 1.82) is 0 Å². The summed E-state index contributed by atoms with van der Waals surface area (Å²) in [5.41, 5.74) is 4.38. The van der Waals surface area contributed by atoms with Gasteiger partial charge in [0.15, 0.2) is 5.78 Å². The molecule has 4 heterocycles. The molecule has 0 bridgehead atoms. The van der Waals surface area contributed by atoms with Crippen molar-refractivity contribution in [3.63, 3.8) is 0 Å². The molecule has 0 aliphatic carbocycles. The third-order valence-corrected chi connectivity index (χ3v) is 7.87. The lowest BCUT2D eigenvalue weighted by molar-refractivity contribution is -0.119. The van der Waals surface area contributed by atoms with Crippen LogP contribution in [0.5, 0.6) is 0 Å². The maximum atomic E-state index is 13.5. The van der Waals surface area contributed by atoms with Crippen LogP contribution in [-0.2, 0) is 50.6 Å². The normalized spacial score (nSPS) is 13.0. The number of benzene rings is 1. The van der Waals surface area contributed by atoms with Crippen LogP contribution in [0.3, 0.4) is 0 Å². The predicted molar refractivity (Wildman–Crippen MR) is 142 cm³/mol. The summed E-state index contributed by atoms with van der Waals surface area (Å²) in [7, 11) is 1.83. The van der Waals surface area contributed by atoms with Crippen LogP contribution in [0, 0.1) is 0 Å². The summed E-state index contributed by atoms with van der Waals surface area (Å²) >= 11 is 1.79. The Morgan fingerprint density at radius 3 is 2.78 bits per heavy atom. The van der Waals surface area contributed by atoms with Crippen LogP contribution in [0.25, 0.3) is 11.3 Å². The van der Waals surface area contributed by atoms with Gasteiger partial charge < -0.3 is 5.32 Å². The molecule has 0 amide bonds. The third-order valence-electron chi connectivity index (χ3n) is 6.64. The van der Waals surface area contributed by atoms with E-state index in [2.05, 4.69) is 33.6 Å². The van der Waals surface area contributed by atoms with Crippen molar-refractivity contribution in [2.45, 2.75) is 51.6 Å². The summed E-state index contributed by atoms with van der Waals surface area (Å²) in [5.74, 6) is 0.0492. The fraction of sp³-hybridized carbons (Fsp3) is 0.357. The number of nitrogens with one attached hydrogen (secondary N) is 1. The fourth-order valence-electron chi connectivity index (χ4n) is 4.70. The quantitative estimate of drug-likeness (QED) is 0.358. The highest BCUT2D eigenvalue weighted by atomic mass is 32.1. The van der Waals surface area contributed by atoms with E-state index in [9.17, 15) is 9.59 Å². The molecule has 0 atom stereocenters. The van der Waals surface area contributed by atoms with E-state index < -0.39 is 0 Å². The highest BCUT2D eigenvalue weighted by Crippen LogP contribution is 2.26. The Bertz CT molecular complexity index is 1380. The second kappa shape index (κ2) is 11.1. The standard InChI is InChI=1S/C28H31N5O2S/c1-32-18-22(15-31-32)26-16-30-25(9-5-8-20-6-3-2-4-7-20)28(35)33(26)19-23(34)10-11-24-14-21-12-13-29-17-27(21)36-24/h2-4,6-7,14-16,18,29H,5,8-13,17,19H2,1H3. The Kier molecular flexibility index (Phi) is 7.53. The molecular formula is C28H31N5O2S. The number of fused-ring (bicyclic) bond motifs is 1. The molecule has 3 aromatic heterocycles. The zero-order valence-electron chi connectivity index (χ0n) is 20.6. The Labute approximate surface area is 214 Å². The van der Waals surface area contributed by atoms with Crippen molar-refractivity contribution in [2.24, 2.45) is 7.05 Å². The number of rotatable bonds is 10. The van der Waals surface area contributed by atoms with Crippen LogP contribution < -0.4 is 10.9 Å². The van der Waals surface area contributed by atoms with Crippen LogP contribution in [0.2, 0.25) is 0 Å². The van der Waals surface area contributed by atoms with Crippen molar-refractivity contribution >= 4 is 17.1 Å². The Morgan fingerprint density at radius 1 is 1.14 bits per heavy atom. The molecule has 0 radical (unpaired) electrons. The topological polar surface area (TPSA) is 81.8 Å². The molecule has 4 aromatic rings. The second-order valence-electron chi connectivity index (χ2n) is 9.35. The van der Waals surface area contributed by atoms with Crippen LogP contribution in [0.15, 0.2) is 59.8 Å². The molecule has 8 heteroatoms. The maximum absolute atomic E-state index is 13.5. The highest BCUT2D eigenvalue weighted by molar-refractivity contribution is 7.12. The van der Waals surface area contributed by atoms with Gasteiger partial charge in [-0.3, -0.25) is 23.8 Å². The minimum atomic E-state index is -0.185. The van der Waals surface area contributed by atoms with Gasteiger partial charge in [0.25, 0.3) is 5.56 Å². The van der Waals surface area contributed by atoms with E-state index in [1.54, 1.807) is 33.0 Å². The summed E-state index contributed by atoms with van der Waals surface area (Å²) in [6.07, 6.45) is 9.71. The number of hydrogen-bond donors (Lipinski definition) is 1. The minimum Gasteiger partial charge on any atom is -0.312 e. The summed E-state index contributed by atoms with van der Waals surface area (Å²) in [6.45, 7) is 1.98. The van der Waals surface area contributed by atoms with Gasteiger partial charge in [-0.1, -0.05) is 30.3 Å².